The molecule has 22 heavy (non-hydrogen) atoms. The zero-order valence-corrected chi connectivity index (χ0v) is 13.1. The van der Waals surface area contributed by atoms with Crippen LogP contribution in [-0.2, 0) is 9.53 Å². The molecule has 1 aromatic carbocycles. The number of carbonyl (C=O) groups is 1. The summed E-state index contributed by atoms with van der Waals surface area (Å²) in [6, 6.07) is 4.43. The van der Waals surface area contributed by atoms with Crippen molar-refractivity contribution in [2.45, 2.75) is 13.0 Å². The minimum absolute atomic E-state index is 0.00271. The number of aliphatic hydroxyl groups is 1. The van der Waals surface area contributed by atoms with Gasteiger partial charge < -0.3 is 14.7 Å². The number of hydrogen-bond donors (Lipinski definition) is 1. The van der Waals surface area contributed by atoms with Crippen molar-refractivity contribution in [3.8, 4) is 0 Å². The molecule has 0 bridgehead atoms. The number of carbonyl (C=O) groups excluding carboxylic acids is 1. The maximum atomic E-state index is 13.1. The first-order chi connectivity index (χ1) is 10.5. The molecule has 0 spiro atoms. The Kier molecular flexibility index (Phi) is 5.88. The van der Waals surface area contributed by atoms with E-state index in [4.69, 9.17) is 4.74 Å². The van der Waals surface area contributed by atoms with Gasteiger partial charge in [-0.25, -0.2) is 4.39 Å². The van der Waals surface area contributed by atoms with Gasteiger partial charge in [-0.3, -0.25) is 9.69 Å². The van der Waals surface area contributed by atoms with Gasteiger partial charge in [0.15, 0.2) is 0 Å². The second kappa shape index (κ2) is 7.67. The van der Waals surface area contributed by atoms with Crippen molar-refractivity contribution in [2.24, 2.45) is 0 Å². The lowest BCUT2D eigenvalue weighted by Gasteiger charge is -2.35. The normalized spacial score (nSPS) is 17.5. The summed E-state index contributed by atoms with van der Waals surface area (Å²) in [4.78, 5) is 15.6. The van der Waals surface area contributed by atoms with Crippen LogP contribution in [0.1, 0.15) is 17.2 Å². The van der Waals surface area contributed by atoms with E-state index in [-0.39, 0.29) is 18.3 Å². The summed E-state index contributed by atoms with van der Waals surface area (Å²) in [5, 5.41) is 10.3. The summed E-state index contributed by atoms with van der Waals surface area (Å²) in [5.41, 5.74) is 1.50. The molecule has 122 valence electrons. The van der Waals surface area contributed by atoms with Crippen molar-refractivity contribution < 1.29 is 19.0 Å². The fourth-order valence-electron chi connectivity index (χ4n) is 2.75. The smallest absolute Gasteiger partial charge is 0.248 e. The van der Waals surface area contributed by atoms with Crippen LogP contribution in [0.25, 0.3) is 0 Å². The van der Waals surface area contributed by atoms with E-state index in [1.165, 1.54) is 19.2 Å². The molecule has 2 rings (SSSR count). The third-order valence-corrected chi connectivity index (χ3v) is 4.01. The molecule has 1 amide bonds. The Balaban J connectivity index is 1.86. The molecule has 1 aliphatic heterocycles. The van der Waals surface area contributed by atoms with Gasteiger partial charge in [-0.15, -0.1) is 0 Å². The number of piperazine rings is 1. The second-order valence-electron chi connectivity index (χ2n) is 5.63. The number of hydrogen-bond acceptors (Lipinski definition) is 4. The molecule has 6 heteroatoms. The number of halogens is 1. The van der Waals surface area contributed by atoms with Gasteiger partial charge in [0.1, 0.15) is 12.4 Å². The average Bonchev–Trinajstić information content (AvgIpc) is 2.48. The Labute approximate surface area is 130 Å². The SMILES string of the molecule is COCC(=O)N1CCN(CC(O)c2ccc(F)cc2C)CC1. The van der Waals surface area contributed by atoms with Crippen LogP contribution in [0.5, 0.6) is 0 Å². The fraction of sp³-hybridized carbons (Fsp3) is 0.562. The molecule has 5 nitrogen and oxygen atoms in total. The number of aryl methyl sites for hydroxylation is 1. The highest BCUT2D eigenvalue weighted by Crippen LogP contribution is 2.20. The highest BCUT2D eigenvalue weighted by atomic mass is 19.1. The van der Waals surface area contributed by atoms with E-state index in [9.17, 15) is 14.3 Å². The second-order valence-corrected chi connectivity index (χ2v) is 5.63. The van der Waals surface area contributed by atoms with Crippen LogP contribution in [-0.4, -0.2) is 67.3 Å². The molecule has 1 aromatic rings. The molecule has 0 aliphatic carbocycles. The van der Waals surface area contributed by atoms with Crippen molar-refractivity contribution in [1.29, 1.82) is 0 Å². The first-order valence-corrected chi connectivity index (χ1v) is 7.44. The Bertz CT molecular complexity index is 516. The topological polar surface area (TPSA) is 53.0 Å². The lowest BCUT2D eigenvalue weighted by Crippen LogP contribution is -2.50. The lowest BCUT2D eigenvalue weighted by molar-refractivity contribution is -0.137. The van der Waals surface area contributed by atoms with Gasteiger partial charge in [-0.1, -0.05) is 6.07 Å². The Morgan fingerprint density at radius 1 is 1.36 bits per heavy atom. The molecular weight excluding hydrogens is 287 g/mol. The molecule has 1 fully saturated rings. The fourth-order valence-corrected chi connectivity index (χ4v) is 2.75. The van der Waals surface area contributed by atoms with Gasteiger partial charge in [0.25, 0.3) is 0 Å². The summed E-state index contributed by atoms with van der Waals surface area (Å²) in [6.45, 7) is 5.09. The van der Waals surface area contributed by atoms with E-state index in [0.29, 0.717) is 32.7 Å². The molecule has 0 saturated carbocycles. The summed E-state index contributed by atoms with van der Waals surface area (Å²) in [5.74, 6) is -0.296. The molecule has 1 unspecified atom stereocenters. The number of aliphatic hydroxyl groups excluding tert-OH is 1. The van der Waals surface area contributed by atoms with Gasteiger partial charge in [-0.05, 0) is 30.2 Å². The minimum Gasteiger partial charge on any atom is -0.387 e. The monoisotopic (exact) mass is 310 g/mol. The van der Waals surface area contributed by atoms with E-state index >= 15 is 0 Å². The summed E-state index contributed by atoms with van der Waals surface area (Å²) >= 11 is 0. The molecular formula is C16H23FN2O3. The van der Waals surface area contributed by atoms with Crippen molar-refractivity contribution in [3.05, 3.63) is 35.1 Å². The number of benzene rings is 1. The first kappa shape index (κ1) is 16.9. The molecule has 1 aliphatic rings. The number of β-amino-alcohol motifs (C(OH)–C–C–N with tert-alkyl or cyclic N) is 1. The lowest BCUT2D eigenvalue weighted by atomic mass is 10.0. The standard InChI is InChI=1S/C16H23FN2O3/c1-12-9-13(17)3-4-14(12)15(20)10-18-5-7-19(8-6-18)16(21)11-22-2/h3-4,9,15,20H,5-8,10-11H2,1-2H3. The van der Waals surface area contributed by atoms with Crippen molar-refractivity contribution in [3.63, 3.8) is 0 Å². The molecule has 0 radical (unpaired) electrons. The predicted molar refractivity (Wildman–Crippen MR) is 81.0 cm³/mol. The zero-order valence-electron chi connectivity index (χ0n) is 13.1. The van der Waals surface area contributed by atoms with Gasteiger partial charge in [0, 0.05) is 39.8 Å². The summed E-state index contributed by atoms with van der Waals surface area (Å²) in [6.07, 6.45) is -0.651. The van der Waals surface area contributed by atoms with Crippen LogP contribution in [0.15, 0.2) is 18.2 Å². The maximum Gasteiger partial charge on any atom is 0.248 e. The van der Waals surface area contributed by atoms with E-state index < -0.39 is 6.10 Å². The van der Waals surface area contributed by atoms with Crippen molar-refractivity contribution >= 4 is 5.91 Å². The van der Waals surface area contributed by atoms with E-state index in [1.54, 1.807) is 17.9 Å². The minimum atomic E-state index is -0.651. The summed E-state index contributed by atoms with van der Waals surface area (Å²) < 4.78 is 18.0. The van der Waals surface area contributed by atoms with Gasteiger partial charge in [-0.2, -0.15) is 0 Å². The Morgan fingerprint density at radius 3 is 2.64 bits per heavy atom. The number of nitrogens with zero attached hydrogens (tertiary/aromatic N) is 2. The van der Waals surface area contributed by atoms with Crippen molar-refractivity contribution in [1.82, 2.24) is 9.80 Å². The maximum absolute atomic E-state index is 13.1. The van der Waals surface area contributed by atoms with Gasteiger partial charge in [0.2, 0.25) is 5.91 Å². The van der Waals surface area contributed by atoms with E-state index in [2.05, 4.69) is 4.90 Å². The average molecular weight is 310 g/mol. The quantitative estimate of drug-likeness (QED) is 0.880. The Morgan fingerprint density at radius 2 is 2.05 bits per heavy atom. The number of methoxy groups -OCH3 is 1. The Hall–Kier alpha value is -1.50. The number of rotatable bonds is 5. The van der Waals surface area contributed by atoms with Crippen LogP contribution in [0.2, 0.25) is 0 Å². The van der Waals surface area contributed by atoms with Crippen LogP contribution < -0.4 is 0 Å². The molecule has 1 atom stereocenters. The van der Waals surface area contributed by atoms with Crippen LogP contribution >= 0.6 is 0 Å². The zero-order chi connectivity index (χ0) is 16.1. The van der Waals surface area contributed by atoms with Crippen molar-refractivity contribution in [2.75, 3.05) is 46.4 Å². The molecule has 1 saturated heterocycles. The van der Waals surface area contributed by atoms with Crippen LogP contribution in [0.4, 0.5) is 4.39 Å². The number of ether oxygens (including phenoxy) is 1. The van der Waals surface area contributed by atoms with E-state index in [0.717, 1.165) is 11.1 Å². The highest BCUT2D eigenvalue weighted by Gasteiger charge is 2.23. The van der Waals surface area contributed by atoms with Gasteiger partial charge in [0.05, 0.1) is 6.10 Å². The number of amides is 1. The van der Waals surface area contributed by atoms with Crippen LogP contribution in [0, 0.1) is 12.7 Å². The highest BCUT2D eigenvalue weighted by molar-refractivity contribution is 5.77. The largest absolute Gasteiger partial charge is 0.387 e. The third-order valence-electron chi connectivity index (χ3n) is 4.01. The summed E-state index contributed by atoms with van der Waals surface area (Å²) in [7, 11) is 1.51. The predicted octanol–water partition coefficient (Wildman–Crippen LogP) is 0.958. The van der Waals surface area contributed by atoms with E-state index in [1.807, 2.05) is 0 Å². The van der Waals surface area contributed by atoms with Crippen LogP contribution in [0.3, 0.4) is 0 Å². The molecule has 1 N–H and O–H groups in total. The first-order valence-electron chi connectivity index (χ1n) is 7.44. The van der Waals surface area contributed by atoms with Gasteiger partial charge >= 0.3 is 0 Å². The molecule has 1 heterocycles. The molecule has 0 aromatic heterocycles. The third kappa shape index (κ3) is 4.25.